The molecule has 4 heteroatoms. The number of aliphatic hydroxyl groups excluding tert-OH is 1. The molecule has 3 aromatic rings. The molecule has 162 valence electrons. The molecule has 0 bridgehead atoms. The van der Waals surface area contributed by atoms with Crippen molar-refractivity contribution in [2.45, 2.75) is 44.4 Å². The average Bonchev–Trinajstić information content (AvgIpc) is 3.19. The van der Waals surface area contributed by atoms with Crippen LogP contribution in [-0.2, 0) is 13.0 Å². The van der Waals surface area contributed by atoms with Gasteiger partial charge in [0.15, 0.2) is 0 Å². The third-order valence-electron chi connectivity index (χ3n) is 8.27. The molecule has 0 radical (unpaired) electrons. The van der Waals surface area contributed by atoms with Crippen LogP contribution >= 0.6 is 0 Å². The highest BCUT2D eigenvalue weighted by Crippen LogP contribution is 2.48. The van der Waals surface area contributed by atoms with Gasteiger partial charge in [0.05, 0.1) is 12.1 Å². The van der Waals surface area contributed by atoms with Crippen molar-refractivity contribution in [2.75, 3.05) is 19.6 Å². The number of hydrogen-bond acceptors (Lipinski definition) is 3. The molecule has 6 rings (SSSR count). The topological polar surface area (TPSA) is 51.3 Å². The van der Waals surface area contributed by atoms with Crippen LogP contribution in [0.5, 0.6) is 0 Å². The number of fused-ring (bicyclic) bond motifs is 6. The van der Waals surface area contributed by atoms with Crippen LogP contribution in [-0.4, -0.2) is 40.7 Å². The monoisotopic (exact) mass is 415 g/mol. The molecule has 0 amide bonds. The second kappa shape index (κ2) is 8.09. The Labute approximate surface area is 184 Å². The van der Waals surface area contributed by atoms with Crippen LogP contribution in [0.2, 0.25) is 0 Å². The van der Waals surface area contributed by atoms with Gasteiger partial charge in [-0.3, -0.25) is 4.90 Å². The first kappa shape index (κ1) is 19.5. The number of nitrogens with zero attached hydrogens (tertiary/aromatic N) is 1. The van der Waals surface area contributed by atoms with Crippen LogP contribution in [0.15, 0.2) is 54.6 Å². The number of aromatic nitrogens is 1. The summed E-state index contributed by atoms with van der Waals surface area (Å²) in [6.07, 6.45) is 4.26. The lowest BCUT2D eigenvalue weighted by atomic mass is 9.65. The molecule has 0 unspecified atom stereocenters. The standard InChI is InChI=1S/C27H33N3O/c31-26-11-10-19-17-30-13-12-21-20-8-4-5-9-24(20)29-27(21)25(30)14-22(19)23(26)16-28-15-18-6-2-1-3-7-18/h1-9,19,22-23,25-26,28-29,31H,10-17H2/t19-,22-,23+,25+,26+/m0/s1. The largest absolute Gasteiger partial charge is 0.393 e. The van der Waals surface area contributed by atoms with Crippen molar-refractivity contribution < 1.29 is 5.11 Å². The maximum absolute atomic E-state index is 10.9. The molecule has 1 aliphatic carbocycles. The van der Waals surface area contributed by atoms with Gasteiger partial charge in [0.25, 0.3) is 0 Å². The van der Waals surface area contributed by atoms with Crippen LogP contribution in [0.4, 0.5) is 0 Å². The molecule has 1 saturated carbocycles. The minimum Gasteiger partial charge on any atom is -0.393 e. The van der Waals surface area contributed by atoms with Crippen LogP contribution in [0.3, 0.4) is 0 Å². The van der Waals surface area contributed by atoms with E-state index in [1.807, 2.05) is 0 Å². The van der Waals surface area contributed by atoms with E-state index in [1.54, 1.807) is 0 Å². The van der Waals surface area contributed by atoms with Crippen LogP contribution in [0, 0.1) is 17.8 Å². The molecular formula is C27H33N3O. The Morgan fingerprint density at radius 3 is 2.77 bits per heavy atom. The highest BCUT2D eigenvalue weighted by atomic mass is 16.3. The van der Waals surface area contributed by atoms with Gasteiger partial charge in [-0.1, -0.05) is 48.5 Å². The number of para-hydroxylation sites is 1. The van der Waals surface area contributed by atoms with Crippen molar-refractivity contribution in [1.29, 1.82) is 0 Å². The number of hydrogen-bond donors (Lipinski definition) is 3. The summed E-state index contributed by atoms with van der Waals surface area (Å²) in [6.45, 7) is 4.14. The van der Waals surface area contributed by atoms with Crippen molar-refractivity contribution in [3.63, 3.8) is 0 Å². The lowest BCUT2D eigenvalue weighted by Gasteiger charge is -2.51. The highest BCUT2D eigenvalue weighted by Gasteiger charge is 2.46. The van der Waals surface area contributed by atoms with Gasteiger partial charge in [-0.05, 0) is 54.7 Å². The molecule has 0 spiro atoms. The van der Waals surface area contributed by atoms with E-state index in [4.69, 9.17) is 0 Å². The molecule has 1 aromatic heterocycles. The van der Waals surface area contributed by atoms with Gasteiger partial charge >= 0.3 is 0 Å². The Hall–Kier alpha value is -2.14. The van der Waals surface area contributed by atoms with Crippen LogP contribution < -0.4 is 5.32 Å². The van der Waals surface area contributed by atoms with E-state index in [2.05, 4.69) is 69.8 Å². The fourth-order valence-corrected chi connectivity index (χ4v) is 6.72. The van der Waals surface area contributed by atoms with Crippen molar-refractivity contribution in [2.24, 2.45) is 17.8 Å². The summed E-state index contributed by atoms with van der Waals surface area (Å²) in [6, 6.07) is 19.8. The second-order valence-corrected chi connectivity index (χ2v) is 9.91. The third kappa shape index (κ3) is 3.51. The smallest absolute Gasteiger partial charge is 0.0583 e. The van der Waals surface area contributed by atoms with Gasteiger partial charge in [-0.15, -0.1) is 0 Å². The first-order valence-corrected chi connectivity index (χ1v) is 12.0. The Kier molecular flexibility index (Phi) is 5.10. The fourth-order valence-electron chi connectivity index (χ4n) is 6.72. The predicted octanol–water partition coefficient (Wildman–Crippen LogP) is 4.26. The Morgan fingerprint density at radius 1 is 1.03 bits per heavy atom. The Morgan fingerprint density at radius 2 is 1.87 bits per heavy atom. The van der Waals surface area contributed by atoms with Gasteiger partial charge in [-0.25, -0.2) is 0 Å². The maximum Gasteiger partial charge on any atom is 0.0583 e. The number of aromatic amines is 1. The summed E-state index contributed by atoms with van der Waals surface area (Å²) in [7, 11) is 0. The summed E-state index contributed by atoms with van der Waals surface area (Å²) in [5, 5.41) is 16.0. The van der Waals surface area contributed by atoms with Crippen LogP contribution in [0.1, 0.15) is 42.1 Å². The van der Waals surface area contributed by atoms with Gasteiger partial charge in [0, 0.05) is 48.7 Å². The maximum atomic E-state index is 10.9. The lowest BCUT2D eigenvalue weighted by Crippen LogP contribution is -2.53. The van der Waals surface area contributed by atoms with E-state index in [0.29, 0.717) is 23.8 Å². The molecule has 2 aliphatic heterocycles. The summed E-state index contributed by atoms with van der Waals surface area (Å²) in [4.78, 5) is 6.51. The zero-order valence-electron chi connectivity index (χ0n) is 18.1. The zero-order valence-corrected chi connectivity index (χ0v) is 18.1. The van der Waals surface area contributed by atoms with Gasteiger partial charge < -0.3 is 15.4 Å². The molecule has 3 aliphatic rings. The van der Waals surface area contributed by atoms with Crippen molar-refractivity contribution in [1.82, 2.24) is 15.2 Å². The normalized spacial score (nSPS) is 30.5. The van der Waals surface area contributed by atoms with E-state index in [9.17, 15) is 5.11 Å². The molecular weight excluding hydrogens is 382 g/mol. The number of rotatable bonds is 4. The molecule has 5 atom stereocenters. The minimum atomic E-state index is -0.179. The molecule has 2 aromatic carbocycles. The van der Waals surface area contributed by atoms with E-state index in [0.717, 1.165) is 25.9 Å². The van der Waals surface area contributed by atoms with E-state index >= 15 is 0 Å². The van der Waals surface area contributed by atoms with Gasteiger partial charge in [-0.2, -0.15) is 0 Å². The van der Waals surface area contributed by atoms with E-state index < -0.39 is 0 Å². The Balaban J connectivity index is 1.23. The van der Waals surface area contributed by atoms with Crippen molar-refractivity contribution in [3.8, 4) is 0 Å². The first-order chi connectivity index (χ1) is 15.3. The summed E-state index contributed by atoms with van der Waals surface area (Å²) in [5.74, 6) is 1.65. The van der Waals surface area contributed by atoms with Gasteiger partial charge in [0.2, 0.25) is 0 Å². The van der Waals surface area contributed by atoms with E-state index in [-0.39, 0.29) is 6.10 Å². The zero-order chi connectivity index (χ0) is 20.8. The fraction of sp³-hybridized carbons (Fsp3) is 0.481. The number of piperidine rings is 1. The number of benzene rings is 2. The van der Waals surface area contributed by atoms with E-state index in [1.165, 1.54) is 53.7 Å². The van der Waals surface area contributed by atoms with Crippen LogP contribution in [0.25, 0.3) is 10.9 Å². The number of aliphatic hydroxyl groups is 1. The molecule has 4 nitrogen and oxygen atoms in total. The summed E-state index contributed by atoms with van der Waals surface area (Å²) < 4.78 is 0. The highest BCUT2D eigenvalue weighted by molar-refractivity contribution is 5.85. The average molecular weight is 416 g/mol. The molecule has 3 heterocycles. The summed E-state index contributed by atoms with van der Waals surface area (Å²) in [5.41, 5.74) is 5.57. The Bertz CT molecular complexity index is 1050. The third-order valence-corrected chi connectivity index (χ3v) is 8.27. The molecule has 3 N–H and O–H groups in total. The van der Waals surface area contributed by atoms with Crippen molar-refractivity contribution >= 4 is 10.9 Å². The van der Waals surface area contributed by atoms with Gasteiger partial charge in [0.1, 0.15) is 0 Å². The summed E-state index contributed by atoms with van der Waals surface area (Å²) >= 11 is 0. The molecule has 1 saturated heterocycles. The minimum absolute atomic E-state index is 0.179. The molecule has 2 fully saturated rings. The number of nitrogens with one attached hydrogen (secondary N) is 2. The SMILES string of the molecule is O[C@@H]1CC[C@H]2CN3CCc4c([nH]c5ccccc45)[C@H]3C[C@@H]2[C@H]1CNCc1ccccc1. The number of H-pyrrole nitrogens is 1. The predicted molar refractivity (Wildman–Crippen MR) is 125 cm³/mol. The lowest BCUT2D eigenvalue weighted by molar-refractivity contribution is -0.0551. The first-order valence-electron chi connectivity index (χ1n) is 12.0. The second-order valence-electron chi connectivity index (χ2n) is 9.91. The van der Waals surface area contributed by atoms with Crippen molar-refractivity contribution in [3.05, 3.63) is 71.4 Å². The quantitative estimate of drug-likeness (QED) is 0.597. The molecule has 31 heavy (non-hydrogen) atoms.